The number of halogens is 2. The molecule has 4 heteroatoms. The van der Waals surface area contributed by atoms with Gasteiger partial charge in [0.2, 0.25) is 0 Å². The van der Waals surface area contributed by atoms with Gasteiger partial charge in [-0.1, -0.05) is 6.07 Å². The largest absolute Gasteiger partial charge is 0.341 e. The van der Waals surface area contributed by atoms with E-state index in [0.717, 1.165) is 0 Å². The maximum absolute atomic E-state index is 13.7. The van der Waals surface area contributed by atoms with Crippen LogP contribution in [0.3, 0.4) is 0 Å². The lowest BCUT2D eigenvalue weighted by Crippen LogP contribution is -2.19. The van der Waals surface area contributed by atoms with Crippen molar-refractivity contribution in [3.63, 3.8) is 0 Å². The van der Waals surface area contributed by atoms with Gasteiger partial charge in [0, 0.05) is 17.8 Å². The lowest BCUT2D eigenvalue weighted by molar-refractivity contribution is 0.101. The summed E-state index contributed by atoms with van der Waals surface area (Å²) >= 11 is 0. The van der Waals surface area contributed by atoms with Crippen LogP contribution in [0.25, 0.3) is 0 Å². The number of hydrogen-bond donors (Lipinski definition) is 0. The number of ketones is 1. The third-order valence-corrected chi connectivity index (χ3v) is 3.38. The highest BCUT2D eigenvalue weighted by molar-refractivity contribution is 6.00. The second-order valence-corrected chi connectivity index (χ2v) is 4.90. The summed E-state index contributed by atoms with van der Waals surface area (Å²) in [4.78, 5) is 13.6. The molecule has 0 heterocycles. The Labute approximate surface area is 123 Å². The second-order valence-electron chi connectivity index (χ2n) is 4.90. The highest BCUT2D eigenvalue weighted by Gasteiger charge is 2.17. The molecule has 0 radical (unpaired) electrons. The van der Waals surface area contributed by atoms with E-state index in [2.05, 4.69) is 0 Å². The van der Waals surface area contributed by atoms with Crippen LogP contribution in [-0.4, -0.2) is 12.3 Å². The van der Waals surface area contributed by atoms with Gasteiger partial charge in [0.05, 0.1) is 5.69 Å². The van der Waals surface area contributed by atoms with Crippen molar-refractivity contribution < 1.29 is 13.6 Å². The van der Waals surface area contributed by atoms with E-state index in [1.54, 1.807) is 30.0 Å². The fourth-order valence-electron chi connectivity index (χ4n) is 2.31. The summed E-state index contributed by atoms with van der Waals surface area (Å²) in [7, 11) is 0. The normalized spacial score (nSPS) is 10.5. The van der Waals surface area contributed by atoms with Crippen molar-refractivity contribution in [3.05, 3.63) is 59.2 Å². The van der Waals surface area contributed by atoms with Crippen molar-refractivity contribution in [1.29, 1.82) is 0 Å². The van der Waals surface area contributed by atoms with Crippen LogP contribution < -0.4 is 4.90 Å². The number of anilines is 2. The molecule has 2 aromatic carbocycles. The van der Waals surface area contributed by atoms with E-state index in [9.17, 15) is 13.6 Å². The predicted molar refractivity (Wildman–Crippen MR) is 80.2 cm³/mol. The first kappa shape index (κ1) is 15.2. The molecule has 2 aromatic rings. The van der Waals surface area contributed by atoms with Crippen molar-refractivity contribution >= 4 is 17.2 Å². The minimum absolute atomic E-state index is 0.223. The zero-order chi connectivity index (χ0) is 15.6. The minimum atomic E-state index is -0.417. The number of hydrogen-bond acceptors (Lipinski definition) is 2. The lowest BCUT2D eigenvalue weighted by Gasteiger charge is -2.26. The molecule has 0 spiro atoms. The maximum atomic E-state index is 13.7. The SMILES string of the molecule is CCN(c1cccc(F)c1)c1cc(C)c(F)cc1C(C)=O. The van der Waals surface area contributed by atoms with Crippen molar-refractivity contribution in [2.24, 2.45) is 0 Å². The highest BCUT2D eigenvalue weighted by Crippen LogP contribution is 2.31. The molecule has 2 nitrogen and oxygen atoms in total. The number of rotatable bonds is 4. The third-order valence-electron chi connectivity index (χ3n) is 3.38. The minimum Gasteiger partial charge on any atom is -0.341 e. The summed E-state index contributed by atoms with van der Waals surface area (Å²) in [6, 6.07) is 8.99. The topological polar surface area (TPSA) is 20.3 Å². The fraction of sp³-hybridized carbons (Fsp3) is 0.235. The molecule has 0 amide bonds. The summed E-state index contributed by atoms with van der Waals surface area (Å²) < 4.78 is 27.2. The van der Waals surface area contributed by atoms with Crippen LogP contribution in [0.4, 0.5) is 20.2 Å². The first-order valence-electron chi connectivity index (χ1n) is 6.78. The monoisotopic (exact) mass is 289 g/mol. The summed E-state index contributed by atoms with van der Waals surface area (Å²) in [5, 5.41) is 0. The first-order valence-corrected chi connectivity index (χ1v) is 6.78. The van der Waals surface area contributed by atoms with Gasteiger partial charge in [-0.3, -0.25) is 4.79 Å². The number of aryl methyl sites for hydroxylation is 1. The van der Waals surface area contributed by atoms with Gasteiger partial charge in [-0.05, 0) is 56.7 Å². The number of benzene rings is 2. The number of carbonyl (C=O) groups is 1. The Kier molecular flexibility index (Phi) is 4.36. The van der Waals surface area contributed by atoms with Gasteiger partial charge >= 0.3 is 0 Å². The van der Waals surface area contributed by atoms with Crippen LogP contribution in [-0.2, 0) is 0 Å². The van der Waals surface area contributed by atoms with E-state index in [1.807, 2.05) is 6.92 Å². The summed E-state index contributed by atoms with van der Waals surface area (Å²) in [6.45, 7) is 5.47. The van der Waals surface area contributed by atoms with Crippen molar-refractivity contribution in [2.75, 3.05) is 11.4 Å². The van der Waals surface area contributed by atoms with Gasteiger partial charge in [-0.2, -0.15) is 0 Å². The fourth-order valence-corrected chi connectivity index (χ4v) is 2.31. The van der Waals surface area contributed by atoms with Crippen molar-refractivity contribution in [2.45, 2.75) is 20.8 Å². The van der Waals surface area contributed by atoms with Crippen LogP contribution in [0.1, 0.15) is 29.8 Å². The molecule has 0 bridgehead atoms. The molecular weight excluding hydrogens is 272 g/mol. The predicted octanol–water partition coefficient (Wildman–Crippen LogP) is 4.63. The molecule has 21 heavy (non-hydrogen) atoms. The Morgan fingerprint density at radius 2 is 1.90 bits per heavy atom. The van der Waals surface area contributed by atoms with E-state index in [0.29, 0.717) is 29.0 Å². The molecule has 0 atom stereocenters. The quantitative estimate of drug-likeness (QED) is 0.765. The highest BCUT2D eigenvalue weighted by atomic mass is 19.1. The second kappa shape index (κ2) is 6.04. The Balaban J connectivity index is 2.62. The zero-order valence-corrected chi connectivity index (χ0v) is 12.3. The molecule has 0 N–H and O–H groups in total. The average molecular weight is 289 g/mol. The van der Waals surface area contributed by atoms with Gasteiger partial charge in [-0.15, -0.1) is 0 Å². The van der Waals surface area contributed by atoms with Crippen molar-refractivity contribution in [3.8, 4) is 0 Å². The molecule has 0 aliphatic rings. The van der Waals surface area contributed by atoms with Gasteiger partial charge in [-0.25, -0.2) is 8.78 Å². The molecule has 2 rings (SSSR count). The molecule has 0 aliphatic carbocycles. The van der Waals surface area contributed by atoms with Crippen molar-refractivity contribution in [1.82, 2.24) is 0 Å². The van der Waals surface area contributed by atoms with Crippen LogP contribution in [0.5, 0.6) is 0 Å². The van der Waals surface area contributed by atoms with Crippen LogP contribution in [0.2, 0.25) is 0 Å². The summed E-state index contributed by atoms with van der Waals surface area (Å²) in [5.74, 6) is -0.993. The third kappa shape index (κ3) is 3.10. The van der Waals surface area contributed by atoms with E-state index < -0.39 is 5.82 Å². The molecular formula is C17H17F2NO. The molecule has 0 unspecified atom stereocenters. The first-order chi connectivity index (χ1) is 9.93. The number of nitrogens with zero attached hydrogens (tertiary/aromatic N) is 1. The van der Waals surface area contributed by atoms with Crippen LogP contribution >= 0.6 is 0 Å². The smallest absolute Gasteiger partial charge is 0.162 e. The Hall–Kier alpha value is -2.23. The maximum Gasteiger partial charge on any atom is 0.162 e. The number of carbonyl (C=O) groups excluding carboxylic acids is 1. The van der Waals surface area contributed by atoms with E-state index in [4.69, 9.17) is 0 Å². The van der Waals surface area contributed by atoms with Gasteiger partial charge in [0.1, 0.15) is 11.6 Å². The molecule has 0 saturated carbocycles. The molecule has 110 valence electrons. The van der Waals surface area contributed by atoms with E-state index >= 15 is 0 Å². The molecule has 0 saturated heterocycles. The van der Waals surface area contributed by atoms with Gasteiger partial charge < -0.3 is 4.90 Å². The molecule has 0 aliphatic heterocycles. The van der Waals surface area contributed by atoms with Gasteiger partial charge in [0.25, 0.3) is 0 Å². The summed E-state index contributed by atoms with van der Waals surface area (Å²) in [5.41, 5.74) is 1.97. The van der Waals surface area contributed by atoms with E-state index in [-0.39, 0.29) is 11.6 Å². The van der Waals surface area contributed by atoms with Gasteiger partial charge in [0.15, 0.2) is 5.78 Å². The van der Waals surface area contributed by atoms with E-state index in [1.165, 1.54) is 25.1 Å². The lowest BCUT2D eigenvalue weighted by atomic mass is 10.0. The Bertz CT molecular complexity index is 682. The zero-order valence-electron chi connectivity index (χ0n) is 12.3. The van der Waals surface area contributed by atoms with Crippen LogP contribution in [0.15, 0.2) is 36.4 Å². The van der Waals surface area contributed by atoms with Crippen LogP contribution in [0, 0.1) is 18.6 Å². The summed E-state index contributed by atoms with van der Waals surface area (Å²) in [6.07, 6.45) is 0. The molecule has 0 fully saturated rings. The Morgan fingerprint density at radius 1 is 1.19 bits per heavy atom. The molecule has 0 aromatic heterocycles. The number of Topliss-reactive ketones (excluding diaryl/α,β-unsaturated/α-hetero) is 1. The average Bonchev–Trinajstić information content (AvgIpc) is 2.43. The standard InChI is InChI=1S/C17H17F2NO/c1-4-20(14-7-5-6-13(18)9-14)17-8-11(2)16(19)10-15(17)12(3)21/h5-10H,4H2,1-3H3. The Morgan fingerprint density at radius 3 is 2.48 bits per heavy atom.